The Balaban J connectivity index is 3.56. The fraction of sp³-hybridized carbons (Fsp3) is 1.00. The van der Waals surface area contributed by atoms with E-state index in [0.29, 0.717) is 38.5 Å². The molecule has 56 heavy (non-hydrogen) atoms. The molecule has 0 amide bonds. The smallest absolute Gasteiger partial charge is 0.0436 e. The lowest BCUT2D eigenvalue weighted by Crippen LogP contribution is -2.63. The van der Waals surface area contributed by atoms with Gasteiger partial charge in [0.05, 0.1) is 0 Å². The third kappa shape index (κ3) is 17.7. The normalized spacial score (nSPS) is 22.7. The SMILES string of the molecule is OCCC1(CCO)CCCCCCCCCCCCCCCCCCCCCCCCCCCCC(CCO)(CCO)C(CCO)(CCO)C1(CCO)CCO. The quantitative estimate of drug-likeness (QED) is 0.0765. The van der Waals surface area contributed by atoms with Crippen molar-refractivity contribution in [1.82, 2.24) is 0 Å². The molecule has 0 spiro atoms. The summed E-state index contributed by atoms with van der Waals surface area (Å²) in [6.45, 7) is -1.26. The molecule has 8 nitrogen and oxygen atoms in total. The number of hydrogen-bond acceptors (Lipinski definition) is 8. The summed E-state index contributed by atoms with van der Waals surface area (Å²) >= 11 is 0. The minimum absolute atomic E-state index is 0.125. The summed E-state index contributed by atoms with van der Waals surface area (Å²) in [4.78, 5) is 0. The highest BCUT2D eigenvalue weighted by Crippen LogP contribution is 2.71. The molecule has 0 radical (unpaired) electrons. The van der Waals surface area contributed by atoms with Crippen LogP contribution in [-0.4, -0.2) is 93.7 Å². The standard InChI is InChI=1S/C48H96O8/c49-37-29-45(30-38-50)27-25-23-21-19-17-15-13-11-9-7-5-3-1-2-4-6-8-10-12-14-16-18-20-22-24-26-28-46(31-39-51,32-40-52)48(35-43-55,36-44-56)47(45,33-41-53)34-42-54/h49-56H,1-44H2. The van der Waals surface area contributed by atoms with Crippen molar-refractivity contribution in [1.29, 1.82) is 0 Å². The number of aliphatic hydroxyl groups is 8. The Labute approximate surface area is 345 Å². The van der Waals surface area contributed by atoms with Gasteiger partial charge in [0.25, 0.3) is 0 Å². The molecule has 1 rings (SSSR count). The highest BCUT2D eigenvalue weighted by molar-refractivity contribution is 5.14. The summed E-state index contributed by atoms with van der Waals surface area (Å²) in [5.74, 6) is 0. The van der Waals surface area contributed by atoms with Crippen LogP contribution in [0, 0.1) is 21.7 Å². The maximum atomic E-state index is 11.0. The van der Waals surface area contributed by atoms with Crippen molar-refractivity contribution >= 4 is 0 Å². The first-order valence-corrected chi connectivity index (χ1v) is 24.3. The summed E-state index contributed by atoms with van der Waals surface area (Å²) in [6.07, 6.45) is 36.4. The third-order valence-electron chi connectivity index (χ3n) is 15.0. The zero-order valence-electron chi connectivity index (χ0n) is 36.7. The summed E-state index contributed by atoms with van der Waals surface area (Å²) in [5.41, 5.74) is -3.27. The summed E-state index contributed by atoms with van der Waals surface area (Å²) < 4.78 is 0. The van der Waals surface area contributed by atoms with Crippen LogP contribution in [0.2, 0.25) is 0 Å². The lowest BCUT2D eigenvalue weighted by atomic mass is 9.36. The fourth-order valence-electron chi connectivity index (χ4n) is 12.3. The number of hydrogen-bond donors (Lipinski definition) is 8. The van der Waals surface area contributed by atoms with Crippen molar-refractivity contribution in [3.63, 3.8) is 0 Å². The molecule has 0 heterocycles. The van der Waals surface area contributed by atoms with E-state index in [-0.39, 0.29) is 78.5 Å². The van der Waals surface area contributed by atoms with Gasteiger partial charge in [0.15, 0.2) is 0 Å². The second kappa shape index (κ2) is 34.4. The van der Waals surface area contributed by atoms with E-state index in [4.69, 9.17) is 0 Å². The van der Waals surface area contributed by atoms with E-state index in [2.05, 4.69) is 0 Å². The van der Waals surface area contributed by atoms with Crippen LogP contribution in [0.25, 0.3) is 0 Å². The van der Waals surface area contributed by atoms with Crippen molar-refractivity contribution in [2.45, 2.75) is 231 Å². The molecule has 336 valence electrons. The van der Waals surface area contributed by atoms with Crippen LogP contribution >= 0.6 is 0 Å². The van der Waals surface area contributed by atoms with Gasteiger partial charge in [0.2, 0.25) is 0 Å². The Morgan fingerprint density at radius 3 is 0.482 bits per heavy atom. The minimum atomic E-state index is -0.913. The van der Waals surface area contributed by atoms with Crippen LogP contribution in [0.15, 0.2) is 0 Å². The van der Waals surface area contributed by atoms with Crippen molar-refractivity contribution < 1.29 is 40.9 Å². The van der Waals surface area contributed by atoms with E-state index in [1.165, 1.54) is 128 Å². The molecule has 8 N–H and O–H groups in total. The van der Waals surface area contributed by atoms with Gasteiger partial charge in [-0.05, 0) is 85.9 Å². The van der Waals surface area contributed by atoms with Gasteiger partial charge in [-0.2, -0.15) is 0 Å². The molecule has 0 aromatic heterocycles. The van der Waals surface area contributed by atoms with E-state index in [1.54, 1.807) is 0 Å². The molecular weight excluding hydrogens is 705 g/mol. The molecule has 1 aliphatic rings. The zero-order valence-corrected chi connectivity index (χ0v) is 36.7. The maximum absolute atomic E-state index is 11.0. The van der Waals surface area contributed by atoms with E-state index in [9.17, 15) is 40.9 Å². The van der Waals surface area contributed by atoms with Crippen LogP contribution in [0.3, 0.4) is 0 Å². The fourth-order valence-corrected chi connectivity index (χ4v) is 12.3. The van der Waals surface area contributed by atoms with Gasteiger partial charge in [-0.25, -0.2) is 0 Å². The van der Waals surface area contributed by atoms with Gasteiger partial charge in [-0.15, -0.1) is 0 Å². The molecule has 0 aromatic carbocycles. The van der Waals surface area contributed by atoms with Gasteiger partial charge < -0.3 is 40.9 Å². The molecule has 0 aliphatic heterocycles. The lowest BCUT2D eigenvalue weighted by molar-refractivity contribution is -0.220. The van der Waals surface area contributed by atoms with Crippen LogP contribution in [0.4, 0.5) is 0 Å². The Bertz CT molecular complexity index is 761. The molecule has 1 aliphatic carbocycles. The predicted molar refractivity (Wildman–Crippen MR) is 233 cm³/mol. The van der Waals surface area contributed by atoms with Crippen molar-refractivity contribution in [2.75, 3.05) is 52.9 Å². The second-order valence-electron chi connectivity index (χ2n) is 18.2. The van der Waals surface area contributed by atoms with Crippen LogP contribution < -0.4 is 0 Å². The third-order valence-corrected chi connectivity index (χ3v) is 15.0. The van der Waals surface area contributed by atoms with Gasteiger partial charge in [-0.1, -0.05) is 167 Å². The van der Waals surface area contributed by atoms with Crippen LogP contribution in [-0.2, 0) is 0 Å². The molecule has 0 bridgehead atoms. The Morgan fingerprint density at radius 2 is 0.339 bits per heavy atom. The first kappa shape index (κ1) is 53.7. The van der Waals surface area contributed by atoms with Gasteiger partial charge >= 0.3 is 0 Å². The molecular formula is C48H96O8. The van der Waals surface area contributed by atoms with Crippen LogP contribution in [0.5, 0.6) is 0 Å². The monoisotopic (exact) mass is 801 g/mol. The summed E-state index contributed by atoms with van der Waals surface area (Å²) in [7, 11) is 0. The number of aliphatic hydroxyl groups excluding tert-OH is 8. The van der Waals surface area contributed by atoms with Gasteiger partial charge in [0.1, 0.15) is 0 Å². The predicted octanol–water partition coefficient (Wildman–Crippen LogP) is 9.93. The maximum Gasteiger partial charge on any atom is 0.0436 e. The highest BCUT2D eigenvalue weighted by Gasteiger charge is 2.66. The Morgan fingerprint density at radius 1 is 0.196 bits per heavy atom. The van der Waals surface area contributed by atoms with E-state index in [1.807, 2.05) is 0 Å². The summed E-state index contributed by atoms with van der Waals surface area (Å²) in [5, 5.41) is 87.2. The first-order valence-electron chi connectivity index (χ1n) is 24.3. The minimum Gasteiger partial charge on any atom is -0.396 e. The van der Waals surface area contributed by atoms with Crippen molar-refractivity contribution in [3.8, 4) is 0 Å². The zero-order chi connectivity index (χ0) is 41.1. The van der Waals surface area contributed by atoms with Crippen molar-refractivity contribution in [2.24, 2.45) is 21.7 Å². The van der Waals surface area contributed by atoms with E-state index in [0.717, 1.165) is 38.5 Å². The molecule has 0 unspecified atom stereocenters. The van der Waals surface area contributed by atoms with Crippen LogP contribution in [0.1, 0.15) is 231 Å². The van der Waals surface area contributed by atoms with Gasteiger partial charge in [-0.3, -0.25) is 0 Å². The van der Waals surface area contributed by atoms with Gasteiger partial charge in [0, 0.05) is 52.9 Å². The second-order valence-corrected chi connectivity index (χ2v) is 18.2. The topological polar surface area (TPSA) is 162 Å². The number of rotatable bonds is 16. The highest BCUT2D eigenvalue weighted by atomic mass is 16.3. The summed E-state index contributed by atoms with van der Waals surface area (Å²) in [6, 6.07) is 0. The molecule has 8 heteroatoms. The molecule has 0 atom stereocenters. The Hall–Kier alpha value is -0.320. The van der Waals surface area contributed by atoms with E-state index >= 15 is 0 Å². The van der Waals surface area contributed by atoms with Crippen molar-refractivity contribution in [3.05, 3.63) is 0 Å². The molecule has 1 fully saturated rings. The first-order chi connectivity index (χ1) is 27.4. The van der Waals surface area contributed by atoms with E-state index < -0.39 is 21.7 Å². The molecule has 0 aromatic rings. The molecule has 1 saturated carbocycles. The Kier molecular flexibility index (Phi) is 33.0. The largest absolute Gasteiger partial charge is 0.396 e. The average molecular weight is 801 g/mol. The lowest BCUT2D eigenvalue weighted by Gasteiger charge is -2.68. The average Bonchev–Trinajstić information content (AvgIpc) is 3.18. The molecule has 0 saturated heterocycles.